The van der Waals surface area contributed by atoms with Crippen LogP contribution in [0.4, 0.5) is 8.78 Å². The minimum atomic E-state index is -3.12. The molecule has 0 unspecified atom stereocenters. The Morgan fingerprint density at radius 1 is 1.13 bits per heavy atom. The molecule has 2 amide bonds. The van der Waals surface area contributed by atoms with E-state index in [2.05, 4.69) is 5.32 Å². The molecular weight excluding hydrogens is 406 g/mol. The summed E-state index contributed by atoms with van der Waals surface area (Å²) in [5.41, 5.74) is 0.639. The molecule has 2 aliphatic rings. The van der Waals surface area contributed by atoms with Gasteiger partial charge in [0.05, 0.1) is 13.7 Å². The summed E-state index contributed by atoms with van der Waals surface area (Å²) in [5, 5.41) is 2.53. The fraction of sp³-hybridized carbons (Fsp3) is 0.348. The highest BCUT2D eigenvalue weighted by Gasteiger charge is 2.44. The summed E-state index contributed by atoms with van der Waals surface area (Å²) in [4.78, 5) is 38.6. The van der Waals surface area contributed by atoms with Crippen molar-refractivity contribution >= 4 is 17.8 Å². The van der Waals surface area contributed by atoms with Gasteiger partial charge in [-0.1, -0.05) is 37.3 Å². The number of alkyl halides is 2. The number of methoxy groups -OCH3 is 1. The molecular formula is C23H22F2N2O4. The van der Waals surface area contributed by atoms with E-state index in [1.807, 2.05) is 6.92 Å². The normalized spacial score (nSPS) is 20.7. The van der Waals surface area contributed by atoms with E-state index in [9.17, 15) is 23.2 Å². The molecule has 1 N–H and O–H groups in total. The smallest absolute Gasteiger partial charge is 0.328 e. The first-order valence-corrected chi connectivity index (χ1v) is 10.0. The summed E-state index contributed by atoms with van der Waals surface area (Å²) in [6, 6.07) is 9.54. The lowest BCUT2D eigenvalue weighted by atomic mass is 10.0. The number of ether oxygens (including phenoxy) is 1. The molecule has 8 heteroatoms. The van der Waals surface area contributed by atoms with E-state index in [-0.39, 0.29) is 29.2 Å². The van der Waals surface area contributed by atoms with Crippen LogP contribution in [0.3, 0.4) is 0 Å². The van der Waals surface area contributed by atoms with Gasteiger partial charge in [-0.2, -0.15) is 8.78 Å². The van der Waals surface area contributed by atoms with Gasteiger partial charge in [0.2, 0.25) is 5.91 Å². The number of halogens is 2. The zero-order valence-electron chi connectivity index (χ0n) is 17.2. The highest BCUT2D eigenvalue weighted by atomic mass is 19.3. The maximum Gasteiger partial charge on any atom is 0.328 e. The van der Waals surface area contributed by atoms with Gasteiger partial charge in [-0.15, -0.1) is 0 Å². The molecule has 0 saturated carbocycles. The number of carbonyl (C=O) groups is 3. The number of nitrogens with zero attached hydrogens (tertiary/aromatic N) is 1. The first kappa shape index (κ1) is 21.0. The lowest BCUT2D eigenvalue weighted by Crippen LogP contribution is -2.46. The van der Waals surface area contributed by atoms with Gasteiger partial charge in [0.25, 0.3) is 11.8 Å². The van der Waals surface area contributed by atoms with Crippen molar-refractivity contribution in [3.63, 3.8) is 0 Å². The summed E-state index contributed by atoms with van der Waals surface area (Å²) in [6.07, 6.45) is 0.505. The molecule has 1 fully saturated rings. The minimum absolute atomic E-state index is 0.0882. The summed E-state index contributed by atoms with van der Waals surface area (Å²) in [7, 11) is 1.27. The number of hydrogen-bond acceptors (Lipinski definition) is 4. The summed E-state index contributed by atoms with van der Waals surface area (Å²) < 4.78 is 34.1. The minimum Gasteiger partial charge on any atom is -0.467 e. The molecule has 1 heterocycles. The third-order valence-corrected chi connectivity index (χ3v) is 5.88. The third kappa shape index (κ3) is 3.56. The molecule has 0 bridgehead atoms. The zero-order chi connectivity index (χ0) is 22.3. The van der Waals surface area contributed by atoms with Crippen molar-refractivity contribution in [2.24, 2.45) is 5.92 Å². The first-order chi connectivity index (χ1) is 14.7. The van der Waals surface area contributed by atoms with Crippen molar-refractivity contribution < 1.29 is 27.9 Å². The maximum absolute atomic E-state index is 14.7. The summed E-state index contributed by atoms with van der Waals surface area (Å²) in [5.74, 6) is -4.41. The van der Waals surface area contributed by atoms with Crippen molar-refractivity contribution in [1.82, 2.24) is 10.2 Å². The molecule has 2 aromatic rings. The van der Waals surface area contributed by atoms with E-state index in [1.54, 1.807) is 18.2 Å². The largest absolute Gasteiger partial charge is 0.467 e. The van der Waals surface area contributed by atoms with Crippen LogP contribution < -0.4 is 5.32 Å². The summed E-state index contributed by atoms with van der Waals surface area (Å²) >= 11 is 0. The number of likely N-dealkylation sites (tertiary alicyclic amines) is 1. The predicted octanol–water partition coefficient (Wildman–Crippen LogP) is 2.95. The van der Waals surface area contributed by atoms with Crippen molar-refractivity contribution in [2.75, 3.05) is 20.2 Å². The van der Waals surface area contributed by atoms with Gasteiger partial charge in [-0.3, -0.25) is 9.59 Å². The Labute approximate surface area is 178 Å². The quantitative estimate of drug-likeness (QED) is 0.760. The molecule has 162 valence electrons. The van der Waals surface area contributed by atoms with Gasteiger partial charge in [0.1, 0.15) is 6.04 Å². The molecule has 2 aromatic carbocycles. The van der Waals surface area contributed by atoms with Crippen LogP contribution in [-0.4, -0.2) is 48.9 Å². The van der Waals surface area contributed by atoms with Crippen LogP contribution >= 0.6 is 0 Å². The van der Waals surface area contributed by atoms with Crippen molar-refractivity contribution in [1.29, 1.82) is 0 Å². The number of amides is 2. The van der Waals surface area contributed by atoms with E-state index in [0.717, 1.165) is 0 Å². The monoisotopic (exact) mass is 428 g/mol. The number of fused-ring (bicyclic) bond motifs is 3. The second-order valence-electron chi connectivity index (χ2n) is 7.99. The van der Waals surface area contributed by atoms with Gasteiger partial charge in [-0.25, -0.2) is 4.79 Å². The van der Waals surface area contributed by atoms with Crippen molar-refractivity contribution in [2.45, 2.75) is 25.3 Å². The predicted molar refractivity (Wildman–Crippen MR) is 109 cm³/mol. The Balaban J connectivity index is 1.49. The molecule has 1 aliphatic carbocycles. The van der Waals surface area contributed by atoms with Crippen LogP contribution in [0.2, 0.25) is 0 Å². The van der Waals surface area contributed by atoms with Gasteiger partial charge in [0.15, 0.2) is 0 Å². The van der Waals surface area contributed by atoms with Crippen molar-refractivity contribution in [3.05, 3.63) is 59.2 Å². The van der Waals surface area contributed by atoms with E-state index in [4.69, 9.17) is 4.74 Å². The molecule has 0 radical (unpaired) electrons. The van der Waals surface area contributed by atoms with E-state index >= 15 is 0 Å². The molecule has 4 rings (SSSR count). The third-order valence-electron chi connectivity index (χ3n) is 5.88. The van der Waals surface area contributed by atoms with Crippen LogP contribution in [0.15, 0.2) is 42.5 Å². The Morgan fingerprint density at radius 3 is 2.58 bits per heavy atom. The lowest BCUT2D eigenvalue weighted by molar-refractivity contribution is -0.150. The Kier molecular flexibility index (Phi) is 5.24. The average Bonchev–Trinajstić information content (AvgIpc) is 3.27. The topological polar surface area (TPSA) is 75.7 Å². The summed E-state index contributed by atoms with van der Waals surface area (Å²) in [6.45, 7) is 2.03. The second-order valence-corrected chi connectivity index (χ2v) is 7.99. The standard InChI is InChI=1S/C23H22F2N2O4/c1-13-9-19(22(30)31-2)27(12-13)20(28)11-26-21(29)14-7-8-18-16(10-14)15-5-3-4-6-17(15)23(18,24)25/h3-8,10,13,19H,9,11-12H2,1-2H3,(H,26,29)/t13-,19-/m0/s1. The molecule has 2 atom stereocenters. The fourth-order valence-corrected chi connectivity index (χ4v) is 4.36. The number of nitrogens with one attached hydrogen (secondary N) is 1. The highest BCUT2D eigenvalue weighted by Crippen LogP contribution is 2.50. The van der Waals surface area contributed by atoms with Gasteiger partial charge >= 0.3 is 5.97 Å². The lowest BCUT2D eigenvalue weighted by Gasteiger charge is -2.22. The van der Waals surface area contributed by atoms with E-state index < -0.39 is 29.7 Å². The van der Waals surface area contributed by atoms with E-state index in [1.165, 1.54) is 36.3 Å². The Bertz CT molecular complexity index is 1070. The second kappa shape index (κ2) is 7.76. The van der Waals surface area contributed by atoms with Crippen LogP contribution in [-0.2, 0) is 20.2 Å². The first-order valence-electron chi connectivity index (χ1n) is 10.0. The maximum atomic E-state index is 14.7. The van der Waals surface area contributed by atoms with Crippen LogP contribution in [0.5, 0.6) is 0 Å². The SMILES string of the molecule is COC(=O)[C@@H]1C[C@H](C)CN1C(=O)CNC(=O)c1ccc2c(c1)-c1ccccc1C2(F)F. The number of carbonyl (C=O) groups excluding carboxylic acids is 3. The molecule has 0 spiro atoms. The van der Waals surface area contributed by atoms with E-state index in [0.29, 0.717) is 24.1 Å². The van der Waals surface area contributed by atoms with Crippen LogP contribution in [0.25, 0.3) is 11.1 Å². The zero-order valence-corrected chi connectivity index (χ0v) is 17.2. The Morgan fingerprint density at radius 2 is 1.84 bits per heavy atom. The number of benzene rings is 2. The van der Waals surface area contributed by atoms with Crippen LogP contribution in [0, 0.1) is 5.92 Å². The molecule has 6 nitrogen and oxygen atoms in total. The fourth-order valence-electron chi connectivity index (χ4n) is 4.36. The number of rotatable bonds is 4. The number of esters is 1. The Hall–Kier alpha value is -3.29. The molecule has 31 heavy (non-hydrogen) atoms. The number of hydrogen-bond donors (Lipinski definition) is 1. The van der Waals surface area contributed by atoms with Crippen LogP contribution in [0.1, 0.15) is 34.8 Å². The van der Waals surface area contributed by atoms with Crippen molar-refractivity contribution in [3.8, 4) is 11.1 Å². The molecule has 1 saturated heterocycles. The molecule has 0 aromatic heterocycles. The van der Waals surface area contributed by atoms with Gasteiger partial charge in [0, 0.05) is 23.2 Å². The average molecular weight is 428 g/mol. The molecule has 1 aliphatic heterocycles. The van der Waals surface area contributed by atoms with Gasteiger partial charge < -0.3 is 15.0 Å². The van der Waals surface area contributed by atoms with Gasteiger partial charge in [-0.05, 0) is 35.6 Å². The highest BCUT2D eigenvalue weighted by molar-refractivity contribution is 5.99.